The molecule has 17 nitrogen and oxygen atoms in total. The van der Waals surface area contributed by atoms with E-state index in [9.17, 15) is 43.2 Å². The van der Waals surface area contributed by atoms with E-state index in [2.05, 4.69) is 55.4 Å². The zero-order chi connectivity index (χ0) is 66.8. The van der Waals surface area contributed by atoms with Crippen LogP contribution >= 0.6 is 15.6 Å². The molecule has 0 bridgehead atoms. The zero-order valence-electron chi connectivity index (χ0n) is 58.8. The summed E-state index contributed by atoms with van der Waals surface area (Å²) in [6.45, 7) is 14.1. The highest BCUT2D eigenvalue weighted by Crippen LogP contribution is 2.45. The van der Waals surface area contributed by atoms with E-state index in [-0.39, 0.29) is 25.7 Å². The minimum Gasteiger partial charge on any atom is -0.462 e. The molecule has 0 aromatic heterocycles. The SMILES string of the molecule is CCC(C)CCCCCCCCCCCCCCCCC(=O)O[C@H](COC(=O)CCCCCCCCCC(C)C)COP(=O)(O)OC[C@@H](O)COP(=O)(O)OC[C@@H](COC(=O)CCCCCCCCC(C)C)OC(=O)CCCCCCCCCCCCC(C)C. The topological polar surface area (TPSA) is 237 Å². The molecule has 19 heteroatoms. The third-order valence-corrected chi connectivity index (χ3v) is 18.6. The minimum atomic E-state index is -4.95. The second-order valence-electron chi connectivity index (χ2n) is 27.3. The van der Waals surface area contributed by atoms with Crippen LogP contribution in [0, 0.1) is 23.7 Å². The van der Waals surface area contributed by atoms with Gasteiger partial charge in [-0.3, -0.25) is 37.3 Å². The molecule has 0 aromatic carbocycles. The fraction of sp³-hybridized carbons (Fsp3) is 0.944. The summed E-state index contributed by atoms with van der Waals surface area (Å²) in [4.78, 5) is 72.5. The molecule has 0 heterocycles. The molecule has 0 saturated heterocycles. The smallest absolute Gasteiger partial charge is 0.462 e. The maximum Gasteiger partial charge on any atom is 0.472 e. The number of rotatable bonds is 68. The van der Waals surface area contributed by atoms with E-state index < -0.39 is 97.5 Å². The Morgan fingerprint density at radius 2 is 0.533 bits per heavy atom. The summed E-state index contributed by atoms with van der Waals surface area (Å²) in [5, 5.41) is 10.6. The van der Waals surface area contributed by atoms with Crippen molar-refractivity contribution < 1.29 is 80.2 Å². The highest BCUT2D eigenvalue weighted by molar-refractivity contribution is 7.47. The molecule has 0 aromatic rings. The summed E-state index contributed by atoms with van der Waals surface area (Å²) < 4.78 is 68.3. The van der Waals surface area contributed by atoms with Crippen LogP contribution in [0.1, 0.15) is 351 Å². The van der Waals surface area contributed by atoms with Gasteiger partial charge in [-0.15, -0.1) is 0 Å². The lowest BCUT2D eigenvalue weighted by Crippen LogP contribution is -2.30. The summed E-state index contributed by atoms with van der Waals surface area (Å²) in [5.74, 6) is 0.851. The van der Waals surface area contributed by atoms with Crippen LogP contribution in [-0.2, 0) is 65.4 Å². The molecule has 0 rings (SSSR count). The maximum atomic E-state index is 13.0. The first-order valence-electron chi connectivity index (χ1n) is 36.7. The number of aliphatic hydroxyl groups is 1. The van der Waals surface area contributed by atoms with Crippen LogP contribution in [0.5, 0.6) is 0 Å². The predicted octanol–water partition coefficient (Wildman–Crippen LogP) is 20.1. The lowest BCUT2D eigenvalue weighted by Gasteiger charge is -2.21. The van der Waals surface area contributed by atoms with Crippen LogP contribution < -0.4 is 0 Å². The minimum absolute atomic E-state index is 0.104. The van der Waals surface area contributed by atoms with Crippen molar-refractivity contribution in [1.29, 1.82) is 0 Å². The van der Waals surface area contributed by atoms with E-state index >= 15 is 0 Å². The number of unbranched alkanes of at least 4 members (excludes halogenated alkanes) is 33. The van der Waals surface area contributed by atoms with E-state index in [4.69, 9.17) is 37.0 Å². The highest BCUT2D eigenvalue weighted by Gasteiger charge is 2.30. The molecule has 534 valence electrons. The molecule has 3 N–H and O–H groups in total. The van der Waals surface area contributed by atoms with Crippen LogP contribution in [0.25, 0.3) is 0 Å². The van der Waals surface area contributed by atoms with Crippen molar-refractivity contribution in [2.45, 2.75) is 369 Å². The van der Waals surface area contributed by atoms with Crippen molar-refractivity contribution in [3.8, 4) is 0 Å². The van der Waals surface area contributed by atoms with E-state index in [1.54, 1.807) is 0 Å². The standard InChI is InChI=1S/C71H138O17P2/c1-9-64(8)50-42-34-25-19-14-12-10-11-13-15-20-26-37-45-53-70(75)87-66(57-81-68(73)51-43-35-28-22-24-32-40-48-62(4)5)59-85-89(77,78)83-55-65(72)56-84-90(79,80)86-60-67(58-82-69(74)52-44-36-30-29-33-41-49-63(6)7)88-71(76)54-46-38-27-21-17-16-18-23-31-39-47-61(2)3/h61-67,72H,9-60H2,1-8H3,(H,77,78)(H,79,80)/t64?,65-,66-,67-/m1/s1. The molecule has 0 aliphatic rings. The average molecular weight is 1330 g/mol. The molecule has 0 amide bonds. The van der Waals surface area contributed by atoms with Crippen molar-refractivity contribution in [3.63, 3.8) is 0 Å². The fourth-order valence-corrected chi connectivity index (χ4v) is 12.2. The average Bonchev–Trinajstić information content (AvgIpc) is 3.69. The normalized spacial score (nSPS) is 14.6. The Morgan fingerprint density at radius 1 is 0.311 bits per heavy atom. The Hall–Kier alpha value is -1.94. The third-order valence-electron chi connectivity index (χ3n) is 16.7. The van der Waals surface area contributed by atoms with Gasteiger partial charge < -0.3 is 33.8 Å². The molecule has 0 fully saturated rings. The van der Waals surface area contributed by atoms with Gasteiger partial charge in [-0.1, -0.05) is 299 Å². The monoisotopic (exact) mass is 1320 g/mol. The lowest BCUT2D eigenvalue weighted by atomic mass is 9.99. The van der Waals surface area contributed by atoms with Gasteiger partial charge >= 0.3 is 39.5 Å². The fourth-order valence-electron chi connectivity index (χ4n) is 10.6. The number of carbonyl (C=O) groups excluding carboxylic acids is 4. The molecule has 0 radical (unpaired) electrons. The van der Waals surface area contributed by atoms with Gasteiger partial charge in [0.05, 0.1) is 26.4 Å². The largest absolute Gasteiger partial charge is 0.472 e. The molecule has 0 saturated carbocycles. The Morgan fingerprint density at radius 3 is 0.789 bits per heavy atom. The molecule has 0 aliphatic heterocycles. The first-order valence-corrected chi connectivity index (χ1v) is 39.7. The van der Waals surface area contributed by atoms with Crippen LogP contribution in [0.3, 0.4) is 0 Å². The van der Waals surface area contributed by atoms with Crippen molar-refractivity contribution in [3.05, 3.63) is 0 Å². The number of phosphoric ester groups is 2. The number of aliphatic hydroxyl groups excluding tert-OH is 1. The van der Waals surface area contributed by atoms with Gasteiger partial charge in [-0.25, -0.2) is 9.13 Å². The molecular formula is C71H138O17P2. The summed E-state index contributed by atoms with van der Waals surface area (Å²) in [6.07, 6.45) is 43.3. The Kier molecular flexibility index (Phi) is 59.4. The molecule has 0 aliphatic carbocycles. The number of ether oxygens (including phenoxy) is 4. The van der Waals surface area contributed by atoms with E-state index in [1.165, 1.54) is 141 Å². The van der Waals surface area contributed by atoms with Gasteiger partial charge in [0.1, 0.15) is 19.3 Å². The van der Waals surface area contributed by atoms with Gasteiger partial charge in [0.15, 0.2) is 12.2 Å². The first kappa shape index (κ1) is 88.1. The van der Waals surface area contributed by atoms with Crippen molar-refractivity contribution in [2.24, 2.45) is 23.7 Å². The number of phosphoric acid groups is 2. The summed E-state index contributed by atoms with van der Waals surface area (Å²) in [7, 11) is -9.90. The Labute approximate surface area is 549 Å². The van der Waals surface area contributed by atoms with Gasteiger partial charge in [0.2, 0.25) is 0 Å². The second kappa shape index (κ2) is 60.7. The Balaban J connectivity index is 5.21. The van der Waals surface area contributed by atoms with Crippen molar-refractivity contribution >= 4 is 39.5 Å². The van der Waals surface area contributed by atoms with Crippen LogP contribution in [0.15, 0.2) is 0 Å². The van der Waals surface area contributed by atoms with Gasteiger partial charge in [-0.2, -0.15) is 0 Å². The predicted molar refractivity (Wildman–Crippen MR) is 363 cm³/mol. The Bertz CT molecular complexity index is 1780. The van der Waals surface area contributed by atoms with Crippen LogP contribution in [-0.4, -0.2) is 96.7 Å². The van der Waals surface area contributed by atoms with Gasteiger partial charge in [0, 0.05) is 25.7 Å². The highest BCUT2D eigenvalue weighted by atomic mass is 31.2. The van der Waals surface area contributed by atoms with Gasteiger partial charge in [-0.05, 0) is 49.4 Å². The summed E-state index contributed by atoms with van der Waals surface area (Å²) >= 11 is 0. The number of hydrogen-bond acceptors (Lipinski definition) is 15. The molecular weight excluding hydrogens is 1190 g/mol. The molecule has 3 unspecified atom stereocenters. The number of esters is 4. The van der Waals surface area contributed by atoms with Crippen LogP contribution in [0.2, 0.25) is 0 Å². The molecule has 6 atom stereocenters. The quantitative estimate of drug-likeness (QED) is 0.0222. The van der Waals surface area contributed by atoms with E-state index in [1.807, 2.05) is 0 Å². The van der Waals surface area contributed by atoms with Crippen molar-refractivity contribution in [1.82, 2.24) is 0 Å². The number of carbonyl (C=O) groups is 4. The molecule has 0 spiro atoms. The lowest BCUT2D eigenvalue weighted by molar-refractivity contribution is -0.161. The van der Waals surface area contributed by atoms with E-state index in [0.29, 0.717) is 37.5 Å². The summed E-state index contributed by atoms with van der Waals surface area (Å²) in [5.41, 5.74) is 0. The van der Waals surface area contributed by atoms with Crippen molar-refractivity contribution in [2.75, 3.05) is 39.6 Å². The second-order valence-corrected chi connectivity index (χ2v) is 30.2. The zero-order valence-corrected chi connectivity index (χ0v) is 60.6. The maximum absolute atomic E-state index is 13.0. The summed E-state index contributed by atoms with van der Waals surface area (Å²) in [6, 6.07) is 0. The first-order chi connectivity index (χ1) is 43.1. The van der Waals surface area contributed by atoms with E-state index in [0.717, 1.165) is 115 Å². The van der Waals surface area contributed by atoms with Crippen LogP contribution in [0.4, 0.5) is 0 Å². The van der Waals surface area contributed by atoms with Gasteiger partial charge in [0.25, 0.3) is 0 Å². The number of hydrogen-bond donors (Lipinski definition) is 3. The molecule has 90 heavy (non-hydrogen) atoms. The third kappa shape index (κ3) is 63.5.